The number of nitrogens with one attached hydrogen (secondary N) is 1. The van der Waals surface area contributed by atoms with Gasteiger partial charge in [0.2, 0.25) is 0 Å². The topological polar surface area (TPSA) is 47.6 Å². The molecule has 1 aliphatic rings. The second-order valence-corrected chi connectivity index (χ2v) is 6.06. The van der Waals surface area contributed by atoms with Crippen LogP contribution in [0.15, 0.2) is 18.2 Å². The van der Waals surface area contributed by atoms with E-state index < -0.39 is 0 Å². The van der Waals surface area contributed by atoms with Crippen LogP contribution < -0.4 is 5.32 Å². The molecule has 4 heteroatoms. The fourth-order valence-electron chi connectivity index (χ4n) is 2.71. The van der Waals surface area contributed by atoms with Crippen LogP contribution >= 0.6 is 0 Å². The van der Waals surface area contributed by atoms with Crippen LogP contribution in [0.4, 0.5) is 5.69 Å². The van der Waals surface area contributed by atoms with Crippen molar-refractivity contribution in [3.05, 3.63) is 29.3 Å². The molecular weight excluding hydrogens is 266 g/mol. The summed E-state index contributed by atoms with van der Waals surface area (Å²) in [6.45, 7) is 7.09. The van der Waals surface area contributed by atoms with Crippen LogP contribution in [0.25, 0.3) is 0 Å². The monoisotopic (exact) mass is 291 g/mol. The van der Waals surface area contributed by atoms with Crippen molar-refractivity contribution in [1.29, 1.82) is 0 Å². The highest BCUT2D eigenvalue weighted by atomic mass is 16.5. The molecule has 1 aromatic carbocycles. The molecule has 1 fully saturated rings. The summed E-state index contributed by atoms with van der Waals surface area (Å²) >= 11 is 0. The van der Waals surface area contributed by atoms with E-state index in [1.807, 2.05) is 25.1 Å². The molecule has 2 atom stereocenters. The molecule has 21 heavy (non-hydrogen) atoms. The van der Waals surface area contributed by atoms with Crippen molar-refractivity contribution in [3.8, 4) is 0 Å². The summed E-state index contributed by atoms with van der Waals surface area (Å²) in [7, 11) is 1.41. The highest BCUT2D eigenvalue weighted by Crippen LogP contribution is 2.25. The van der Waals surface area contributed by atoms with E-state index in [1.165, 1.54) is 7.11 Å². The molecule has 0 radical (unpaired) electrons. The minimum absolute atomic E-state index is 0.281. The third-order valence-electron chi connectivity index (χ3n) is 4.00. The van der Waals surface area contributed by atoms with Gasteiger partial charge in [0.25, 0.3) is 0 Å². The van der Waals surface area contributed by atoms with Gasteiger partial charge >= 0.3 is 5.97 Å². The third kappa shape index (κ3) is 3.97. The maximum atomic E-state index is 11.9. The lowest BCUT2D eigenvalue weighted by molar-refractivity contribution is -0.0160. The van der Waals surface area contributed by atoms with Gasteiger partial charge in [0.05, 0.1) is 18.8 Å². The number of rotatable bonds is 4. The molecule has 0 amide bonds. The summed E-state index contributed by atoms with van der Waals surface area (Å²) in [6, 6.07) is 6.17. The average molecular weight is 291 g/mol. The summed E-state index contributed by atoms with van der Waals surface area (Å²) in [6.07, 6.45) is 2.20. The van der Waals surface area contributed by atoms with Gasteiger partial charge in [-0.25, -0.2) is 4.79 Å². The van der Waals surface area contributed by atoms with E-state index >= 15 is 0 Å². The minimum atomic E-state index is -0.298. The zero-order valence-corrected chi connectivity index (χ0v) is 13.3. The lowest BCUT2D eigenvalue weighted by Crippen LogP contribution is -2.37. The van der Waals surface area contributed by atoms with Crippen molar-refractivity contribution in [1.82, 2.24) is 0 Å². The van der Waals surface area contributed by atoms with E-state index in [4.69, 9.17) is 9.47 Å². The fraction of sp³-hybridized carbons (Fsp3) is 0.588. The van der Waals surface area contributed by atoms with Gasteiger partial charge < -0.3 is 14.8 Å². The number of carbonyl (C=O) groups excluding carboxylic acids is 1. The number of ether oxygens (including phenoxy) is 2. The summed E-state index contributed by atoms with van der Waals surface area (Å²) in [5.74, 6) is 0.210. The van der Waals surface area contributed by atoms with Crippen LogP contribution in [0.2, 0.25) is 0 Å². The van der Waals surface area contributed by atoms with Crippen LogP contribution in [0.1, 0.15) is 42.6 Å². The van der Waals surface area contributed by atoms with E-state index in [9.17, 15) is 4.79 Å². The molecule has 0 spiro atoms. The number of hydrogen-bond donors (Lipinski definition) is 1. The molecular formula is C17H25NO3. The van der Waals surface area contributed by atoms with Gasteiger partial charge in [-0.05, 0) is 37.8 Å². The van der Waals surface area contributed by atoms with E-state index in [0.717, 1.165) is 30.7 Å². The molecule has 1 N–H and O–H groups in total. The second kappa shape index (κ2) is 6.94. The Morgan fingerprint density at radius 3 is 2.86 bits per heavy atom. The molecule has 1 saturated heterocycles. The molecule has 0 bridgehead atoms. The molecule has 1 aliphatic heterocycles. The van der Waals surface area contributed by atoms with Gasteiger partial charge in [-0.2, -0.15) is 0 Å². The Morgan fingerprint density at radius 1 is 1.43 bits per heavy atom. The first kappa shape index (κ1) is 15.8. The van der Waals surface area contributed by atoms with Crippen molar-refractivity contribution in [3.63, 3.8) is 0 Å². The zero-order chi connectivity index (χ0) is 15.4. The van der Waals surface area contributed by atoms with Gasteiger partial charge in [0.1, 0.15) is 0 Å². The maximum Gasteiger partial charge on any atom is 0.339 e. The van der Waals surface area contributed by atoms with Crippen molar-refractivity contribution < 1.29 is 14.3 Å². The minimum Gasteiger partial charge on any atom is -0.465 e. The average Bonchev–Trinajstić information content (AvgIpc) is 2.48. The number of benzene rings is 1. The number of anilines is 1. The first-order chi connectivity index (χ1) is 10.0. The van der Waals surface area contributed by atoms with Crippen LogP contribution in [0.5, 0.6) is 0 Å². The third-order valence-corrected chi connectivity index (χ3v) is 4.00. The lowest BCUT2D eigenvalue weighted by atomic mass is 9.95. The predicted octanol–water partition coefficient (Wildman–Crippen LogP) is 3.40. The van der Waals surface area contributed by atoms with Crippen LogP contribution in [0.3, 0.4) is 0 Å². The maximum absolute atomic E-state index is 11.9. The Bertz CT molecular complexity index is 499. The van der Waals surface area contributed by atoms with Gasteiger partial charge in [-0.1, -0.05) is 25.5 Å². The largest absolute Gasteiger partial charge is 0.465 e. The number of hydrogen-bond acceptors (Lipinski definition) is 4. The number of aryl methyl sites for hydroxylation is 1. The van der Waals surface area contributed by atoms with Crippen molar-refractivity contribution >= 4 is 11.7 Å². The highest BCUT2D eigenvalue weighted by Gasteiger charge is 2.25. The Kier molecular flexibility index (Phi) is 5.23. The molecule has 0 aliphatic carbocycles. The molecule has 1 heterocycles. The van der Waals surface area contributed by atoms with Gasteiger partial charge in [0, 0.05) is 18.3 Å². The molecule has 0 saturated carbocycles. The van der Waals surface area contributed by atoms with Gasteiger partial charge in [0.15, 0.2) is 0 Å². The van der Waals surface area contributed by atoms with Crippen LogP contribution in [0, 0.1) is 12.8 Å². The quantitative estimate of drug-likeness (QED) is 0.864. The Labute approximate surface area is 126 Å². The summed E-state index contributed by atoms with van der Waals surface area (Å²) in [4.78, 5) is 11.9. The van der Waals surface area contributed by atoms with E-state index in [1.54, 1.807) is 0 Å². The van der Waals surface area contributed by atoms with Crippen LogP contribution in [-0.4, -0.2) is 31.8 Å². The van der Waals surface area contributed by atoms with E-state index in [2.05, 4.69) is 19.2 Å². The SMILES string of the molecule is COC(=O)c1cc(C)ccc1NC1CCOC(C(C)C)C1. The summed E-state index contributed by atoms with van der Waals surface area (Å²) in [5, 5.41) is 3.50. The van der Waals surface area contributed by atoms with E-state index in [0.29, 0.717) is 17.5 Å². The number of esters is 1. The standard InChI is InChI=1S/C17H25NO3/c1-11(2)16-10-13(7-8-21-16)18-15-6-5-12(3)9-14(15)17(19)20-4/h5-6,9,11,13,16,18H,7-8,10H2,1-4H3. The zero-order valence-electron chi connectivity index (χ0n) is 13.3. The van der Waals surface area contributed by atoms with Crippen molar-refractivity contribution in [2.24, 2.45) is 5.92 Å². The molecule has 4 nitrogen and oxygen atoms in total. The highest BCUT2D eigenvalue weighted by molar-refractivity contribution is 5.95. The number of carbonyl (C=O) groups is 1. The summed E-state index contributed by atoms with van der Waals surface area (Å²) in [5.41, 5.74) is 2.50. The van der Waals surface area contributed by atoms with Crippen molar-refractivity contribution in [2.75, 3.05) is 19.0 Å². The molecule has 2 unspecified atom stereocenters. The molecule has 1 aromatic rings. The lowest BCUT2D eigenvalue weighted by Gasteiger charge is -2.33. The van der Waals surface area contributed by atoms with Gasteiger partial charge in [-0.15, -0.1) is 0 Å². The summed E-state index contributed by atoms with van der Waals surface area (Å²) < 4.78 is 10.7. The van der Waals surface area contributed by atoms with Gasteiger partial charge in [-0.3, -0.25) is 0 Å². The van der Waals surface area contributed by atoms with Crippen LogP contribution in [-0.2, 0) is 9.47 Å². The van der Waals surface area contributed by atoms with E-state index in [-0.39, 0.29) is 12.1 Å². The van der Waals surface area contributed by atoms with Crippen molar-refractivity contribution in [2.45, 2.75) is 45.8 Å². The first-order valence-electron chi connectivity index (χ1n) is 7.58. The fourth-order valence-corrected chi connectivity index (χ4v) is 2.71. The molecule has 116 valence electrons. The second-order valence-electron chi connectivity index (χ2n) is 6.06. The number of methoxy groups -OCH3 is 1. The molecule has 2 rings (SSSR count). The Hall–Kier alpha value is -1.55. The smallest absolute Gasteiger partial charge is 0.339 e. The normalized spacial score (nSPS) is 22.1. The predicted molar refractivity (Wildman–Crippen MR) is 83.7 cm³/mol. The Morgan fingerprint density at radius 2 is 2.19 bits per heavy atom. The molecule has 0 aromatic heterocycles. The Balaban J connectivity index is 2.13. The first-order valence-corrected chi connectivity index (χ1v) is 7.58.